The number of rotatable bonds is 8. The summed E-state index contributed by atoms with van der Waals surface area (Å²) in [5, 5.41) is 6.05. The predicted molar refractivity (Wildman–Crippen MR) is 110 cm³/mol. The molecule has 0 unspecified atom stereocenters. The number of aromatic nitrogens is 2. The van der Waals surface area contributed by atoms with Gasteiger partial charge in [0, 0.05) is 29.8 Å². The van der Waals surface area contributed by atoms with Crippen molar-refractivity contribution in [2.45, 2.75) is 32.7 Å². The highest BCUT2D eigenvalue weighted by Crippen LogP contribution is 2.29. The van der Waals surface area contributed by atoms with Gasteiger partial charge in [0.2, 0.25) is 11.8 Å². The Morgan fingerprint density at radius 3 is 2.61 bits per heavy atom. The molecule has 0 radical (unpaired) electrons. The predicted octanol–water partition coefficient (Wildman–Crippen LogP) is 4.16. The fourth-order valence-corrected chi connectivity index (χ4v) is 3.45. The third-order valence-corrected chi connectivity index (χ3v) is 5.46. The van der Waals surface area contributed by atoms with Gasteiger partial charge >= 0.3 is 0 Å². The molecule has 5 nitrogen and oxygen atoms in total. The van der Waals surface area contributed by atoms with Crippen molar-refractivity contribution in [3.63, 3.8) is 0 Å². The zero-order valence-corrected chi connectivity index (χ0v) is 16.7. The van der Waals surface area contributed by atoms with E-state index in [1.165, 1.54) is 12.8 Å². The van der Waals surface area contributed by atoms with Gasteiger partial charge in [-0.1, -0.05) is 30.3 Å². The first-order chi connectivity index (χ1) is 13.7. The van der Waals surface area contributed by atoms with Crippen molar-refractivity contribution in [2.75, 3.05) is 6.61 Å². The summed E-state index contributed by atoms with van der Waals surface area (Å²) in [5.41, 5.74) is 4.00. The number of benzene rings is 1. The summed E-state index contributed by atoms with van der Waals surface area (Å²) in [5.74, 6) is 1.35. The SMILES string of the molecule is Cc1nc(-c2ccc(CC(=O)NCc3ccc(OCC4CC4)nc3)cc2)cs1. The first-order valence-electron chi connectivity index (χ1n) is 9.51. The van der Waals surface area contributed by atoms with Gasteiger partial charge in [0.15, 0.2) is 0 Å². The van der Waals surface area contributed by atoms with Gasteiger partial charge in [-0.05, 0) is 36.8 Å². The Bertz CT molecular complexity index is 931. The van der Waals surface area contributed by atoms with E-state index in [4.69, 9.17) is 4.74 Å². The highest BCUT2D eigenvalue weighted by Gasteiger charge is 2.22. The third-order valence-electron chi connectivity index (χ3n) is 4.68. The molecular formula is C22H23N3O2S. The van der Waals surface area contributed by atoms with E-state index in [9.17, 15) is 4.79 Å². The molecule has 1 fully saturated rings. The smallest absolute Gasteiger partial charge is 0.224 e. The minimum absolute atomic E-state index is 0.00804. The van der Waals surface area contributed by atoms with Crippen LogP contribution in [0.25, 0.3) is 11.3 Å². The van der Waals surface area contributed by atoms with Crippen LogP contribution in [0.15, 0.2) is 48.0 Å². The van der Waals surface area contributed by atoms with Crippen LogP contribution in [0, 0.1) is 12.8 Å². The van der Waals surface area contributed by atoms with E-state index in [1.54, 1.807) is 17.5 Å². The maximum Gasteiger partial charge on any atom is 0.224 e. The average molecular weight is 394 g/mol. The van der Waals surface area contributed by atoms with Crippen LogP contribution in [0.1, 0.15) is 29.0 Å². The van der Waals surface area contributed by atoms with Gasteiger partial charge in [-0.2, -0.15) is 0 Å². The summed E-state index contributed by atoms with van der Waals surface area (Å²) in [6.45, 7) is 3.21. The topological polar surface area (TPSA) is 64.1 Å². The van der Waals surface area contributed by atoms with Gasteiger partial charge in [-0.3, -0.25) is 4.79 Å². The average Bonchev–Trinajstić information content (AvgIpc) is 3.45. The minimum atomic E-state index is -0.00804. The molecule has 3 aromatic rings. The molecule has 28 heavy (non-hydrogen) atoms. The molecule has 6 heteroatoms. The number of thiazole rings is 1. The fourth-order valence-electron chi connectivity index (χ4n) is 2.83. The molecule has 0 bridgehead atoms. The molecule has 0 aliphatic heterocycles. The van der Waals surface area contributed by atoms with Crippen molar-refractivity contribution in [3.8, 4) is 17.1 Å². The summed E-state index contributed by atoms with van der Waals surface area (Å²) in [6.07, 6.45) is 4.63. The van der Waals surface area contributed by atoms with E-state index in [0.29, 0.717) is 24.8 Å². The van der Waals surface area contributed by atoms with Crippen LogP contribution < -0.4 is 10.1 Å². The Morgan fingerprint density at radius 2 is 1.96 bits per heavy atom. The standard InChI is InChI=1S/C22H23N3O2S/c1-15-25-20(14-28-15)19-7-4-16(5-8-19)10-21(26)23-11-18-6-9-22(24-12-18)27-13-17-2-3-17/h4-9,12,14,17H,2-3,10-11,13H2,1H3,(H,23,26). The summed E-state index contributed by atoms with van der Waals surface area (Å²) < 4.78 is 5.63. The lowest BCUT2D eigenvalue weighted by molar-refractivity contribution is -0.120. The molecule has 1 aliphatic carbocycles. The molecular weight excluding hydrogens is 370 g/mol. The zero-order valence-electron chi connectivity index (χ0n) is 15.9. The highest BCUT2D eigenvalue weighted by molar-refractivity contribution is 7.09. The number of hydrogen-bond donors (Lipinski definition) is 1. The second-order valence-corrected chi connectivity index (χ2v) is 8.22. The van der Waals surface area contributed by atoms with Crippen LogP contribution in [0.3, 0.4) is 0 Å². The van der Waals surface area contributed by atoms with Gasteiger partial charge in [0.25, 0.3) is 0 Å². The summed E-state index contributed by atoms with van der Waals surface area (Å²) in [6, 6.07) is 11.8. The van der Waals surface area contributed by atoms with E-state index in [-0.39, 0.29) is 5.91 Å². The number of pyridine rings is 1. The normalized spacial score (nSPS) is 13.3. The summed E-state index contributed by atoms with van der Waals surface area (Å²) >= 11 is 1.64. The van der Waals surface area contributed by atoms with E-state index in [2.05, 4.69) is 15.3 Å². The second kappa shape index (κ2) is 8.52. The number of ether oxygens (including phenoxy) is 1. The molecule has 2 heterocycles. The number of carbonyl (C=O) groups is 1. The third kappa shape index (κ3) is 5.16. The largest absolute Gasteiger partial charge is 0.477 e. The molecule has 1 aromatic carbocycles. The molecule has 0 atom stereocenters. The van der Waals surface area contributed by atoms with Gasteiger partial charge in [-0.25, -0.2) is 9.97 Å². The van der Waals surface area contributed by atoms with Crippen LogP contribution >= 0.6 is 11.3 Å². The fraction of sp³-hybridized carbons (Fsp3) is 0.318. The lowest BCUT2D eigenvalue weighted by atomic mass is 10.1. The quantitative estimate of drug-likeness (QED) is 0.624. The van der Waals surface area contributed by atoms with E-state index in [0.717, 1.165) is 34.0 Å². The van der Waals surface area contributed by atoms with Crippen molar-refractivity contribution < 1.29 is 9.53 Å². The molecule has 1 aliphatic rings. The van der Waals surface area contributed by atoms with Crippen molar-refractivity contribution in [1.82, 2.24) is 15.3 Å². The van der Waals surface area contributed by atoms with Crippen molar-refractivity contribution in [2.24, 2.45) is 5.92 Å². The molecule has 144 valence electrons. The number of nitrogens with one attached hydrogen (secondary N) is 1. The Hall–Kier alpha value is -2.73. The van der Waals surface area contributed by atoms with E-state index in [1.807, 2.05) is 48.7 Å². The van der Waals surface area contributed by atoms with Crippen molar-refractivity contribution >= 4 is 17.2 Å². The number of carbonyl (C=O) groups excluding carboxylic acids is 1. The van der Waals surface area contributed by atoms with Gasteiger partial charge < -0.3 is 10.1 Å². The van der Waals surface area contributed by atoms with Gasteiger partial charge in [0.1, 0.15) is 0 Å². The number of aryl methyl sites for hydroxylation is 1. The van der Waals surface area contributed by atoms with Crippen LogP contribution in [0.5, 0.6) is 5.88 Å². The molecule has 2 aromatic heterocycles. The van der Waals surface area contributed by atoms with Crippen LogP contribution in [-0.2, 0) is 17.8 Å². The molecule has 0 saturated heterocycles. The number of nitrogens with zero attached hydrogens (tertiary/aromatic N) is 2. The monoisotopic (exact) mass is 393 g/mol. The maximum absolute atomic E-state index is 12.2. The molecule has 1 amide bonds. The Kier molecular flexibility index (Phi) is 5.67. The molecule has 1 saturated carbocycles. The Morgan fingerprint density at radius 1 is 1.18 bits per heavy atom. The Balaban J connectivity index is 1.24. The lowest BCUT2D eigenvalue weighted by Crippen LogP contribution is -2.24. The second-order valence-electron chi connectivity index (χ2n) is 7.16. The zero-order chi connectivity index (χ0) is 19.3. The first-order valence-corrected chi connectivity index (χ1v) is 10.4. The summed E-state index contributed by atoms with van der Waals surface area (Å²) in [7, 11) is 0. The van der Waals surface area contributed by atoms with Crippen LogP contribution in [0.2, 0.25) is 0 Å². The summed E-state index contributed by atoms with van der Waals surface area (Å²) in [4.78, 5) is 21.0. The number of amides is 1. The Labute approximate surface area is 168 Å². The van der Waals surface area contributed by atoms with Crippen LogP contribution in [0.4, 0.5) is 0 Å². The minimum Gasteiger partial charge on any atom is -0.477 e. The molecule has 1 N–H and O–H groups in total. The van der Waals surface area contributed by atoms with E-state index >= 15 is 0 Å². The van der Waals surface area contributed by atoms with Gasteiger partial charge in [-0.15, -0.1) is 11.3 Å². The lowest BCUT2D eigenvalue weighted by Gasteiger charge is -2.07. The molecule has 4 rings (SSSR count). The maximum atomic E-state index is 12.2. The molecule has 0 spiro atoms. The van der Waals surface area contributed by atoms with E-state index < -0.39 is 0 Å². The van der Waals surface area contributed by atoms with Gasteiger partial charge in [0.05, 0.1) is 23.7 Å². The van der Waals surface area contributed by atoms with Crippen molar-refractivity contribution in [1.29, 1.82) is 0 Å². The highest BCUT2D eigenvalue weighted by atomic mass is 32.1. The van der Waals surface area contributed by atoms with Crippen LogP contribution in [-0.4, -0.2) is 22.5 Å². The van der Waals surface area contributed by atoms with Crippen molar-refractivity contribution in [3.05, 3.63) is 64.1 Å². The number of hydrogen-bond acceptors (Lipinski definition) is 5. The first kappa shape index (κ1) is 18.6.